The number of amides is 1. The molecule has 0 radical (unpaired) electrons. The third-order valence-electron chi connectivity index (χ3n) is 2.44. The Balaban J connectivity index is 2.65. The molecule has 5 nitrogen and oxygen atoms in total. The predicted molar refractivity (Wildman–Crippen MR) is 49.9 cm³/mol. The van der Waals surface area contributed by atoms with Crippen molar-refractivity contribution >= 4 is 11.9 Å². The highest BCUT2D eigenvalue weighted by Gasteiger charge is 2.32. The number of carbonyl (C=O) groups excluding carboxylic acids is 2. The third kappa shape index (κ3) is 2.23. The lowest BCUT2D eigenvalue weighted by Gasteiger charge is -2.24. The van der Waals surface area contributed by atoms with Crippen LogP contribution in [-0.2, 0) is 14.4 Å². The lowest BCUT2D eigenvalue weighted by atomic mass is 10.1. The van der Waals surface area contributed by atoms with Gasteiger partial charge >= 0.3 is 5.97 Å². The van der Waals surface area contributed by atoms with E-state index in [0.717, 1.165) is 12.8 Å². The van der Waals surface area contributed by atoms with E-state index in [-0.39, 0.29) is 5.91 Å². The number of nitrogens with zero attached hydrogens (tertiary/aromatic N) is 1. The first-order valence-corrected chi connectivity index (χ1v) is 4.90. The van der Waals surface area contributed by atoms with Gasteiger partial charge in [-0.05, 0) is 12.8 Å². The Kier molecular flexibility index (Phi) is 3.88. The van der Waals surface area contributed by atoms with Crippen LogP contribution in [0.1, 0.15) is 32.6 Å². The van der Waals surface area contributed by atoms with Crippen molar-refractivity contribution in [3.8, 4) is 0 Å². The minimum absolute atomic E-state index is 0.0221. The van der Waals surface area contributed by atoms with Crippen LogP contribution in [0.3, 0.4) is 0 Å². The second-order valence-corrected chi connectivity index (χ2v) is 3.43. The summed E-state index contributed by atoms with van der Waals surface area (Å²) in [5, 5.41) is 0. The Morgan fingerprint density at radius 1 is 1.71 bits per heavy atom. The number of rotatable bonds is 4. The molecule has 0 bridgehead atoms. The van der Waals surface area contributed by atoms with Gasteiger partial charge in [0.15, 0.2) is 0 Å². The van der Waals surface area contributed by atoms with Gasteiger partial charge in [-0.25, -0.2) is 4.79 Å². The molecule has 0 spiro atoms. The van der Waals surface area contributed by atoms with Crippen LogP contribution in [0.4, 0.5) is 0 Å². The highest BCUT2D eigenvalue weighted by Crippen LogP contribution is 2.17. The summed E-state index contributed by atoms with van der Waals surface area (Å²) in [6.45, 7) is 2.59. The average Bonchev–Trinajstić information content (AvgIpc) is 2.60. The van der Waals surface area contributed by atoms with Gasteiger partial charge in [0, 0.05) is 13.0 Å². The molecule has 1 atom stereocenters. The zero-order chi connectivity index (χ0) is 10.6. The molecule has 2 N–H and O–H groups in total. The Labute approximate surface area is 83.1 Å². The maximum Gasteiger partial charge on any atom is 0.347 e. The highest BCUT2D eigenvalue weighted by molar-refractivity contribution is 5.85. The molecule has 0 aromatic carbocycles. The van der Waals surface area contributed by atoms with Crippen molar-refractivity contribution in [3.63, 3.8) is 0 Å². The van der Waals surface area contributed by atoms with Crippen molar-refractivity contribution in [1.29, 1.82) is 0 Å². The Hall–Kier alpha value is -1.10. The van der Waals surface area contributed by atoms with E-state index in [4.69, 9.17) is 5.90 Å². The van der Waals surface area contributed by atoms with E-state index in [1.165, 1.54) is 0 Å². The molecule has 14 heavy (non-hydrogen) atoms. The second kappa shape index (κ2) is 4.95. The first kappa shape index (κ1) is 11.0. The molecule has 80 valence electrons. The lowest BCUT2D eigenvalue weighted by Crippen LogP contribution is -2.43. The van der Waals surface area contributed by atoms with Crippen molar-refractivity contribution in [3.05, 3.63) is 0 Å². The molecule has 0 aromatic heterocycles. The van der Waals surface area contributed by atoms with E-state index in [2.05, 4.69) is 4.84 Å². The van der Waals surface area contributed by atoms with Gasteiger partial charge in [0.1, 0.15) is 6.04 Å². The van der Waals surface area contributed by atoms with Gasteiger partial charge in [-0.15, -0.1) is 0 Å². The molecule has 1 saturated heterocycles. The fourth-order valence-corrected chi connectivity index (χ4v) is 1.75. The van der Waals surface area contributed by atoms with Crippen LogP contribution in [0.5, 0.6) is 0 Å². The van der Waals surface area contributed by atoms with Crippen LogP contribution in [0.15, 0.2) is 0 Å². The van der Waals surface area contributed by atoms with E-state index in [0.29, 0.717) is 19.4 Å². The summed E-state index contributed by atoms with van der Waals surface area (Å²) in [6, 6.07) is -0.486. The van der Waals surface area contributed by atoms with Crippen LogP contribution in [0, 0.1) is 0 Å². The smallest absolute Gasteiger partial charge is 0.347 e. The Morgan fingerprint density at radius 2 is 2.43 bits per heavy atom. The monoisotopic (exact) mass is 200 g/mol. The summed E-state index contributed by atoms with van der Waals surface area (Å²) in [6.07, 6.45) is 2.78. The van der Waals surface area contributed by atoms with E-state index in [1.807, 2.05) is 6.92 Å². The quantitative estimate of drug-likeness (QED) is 0.658. The van der Waals surface area contributed by atoms with Crippen molar-refractivity contribution in [2.75, 3.05) is 6.54 Å². The largest absolute Gasteiger partial charge is 0.372 e. The third-order valence-corrected chi connectivity index (χ3v) is 2.44. The van der Waals surface area contributed by atoms with E-state index in [9.17, 15) is 9.59 Å². The minimum Gasteiger partial charge on any atom is -0.372 e. The summed E-state index contributed by atoms with van der Waals surface area (Å²) in [7, 11) is 0. The second-order valence-electron chi connectivity index (χ2n) is 3.43. The van der Waals surface area contributed by atoms with Crippen molar-refractivity contribution in [2.45, 2.75) is 38.6 Å². The van der Waals surface area contributed by atoms with Gasteiger partial charge in [0.2, 0.25) is 5.91 Å². The van der Waals surface area contributed by atoms with Crippen LogP contribution in [0.25, 0.3) is 0 Å². The van der Waals surface area contributed by atoms with Gasteiger partial charge in [0.25, 0.3) is 0 Å². The number of nitrogens with two attached hydrogens (primary N) is 1. The van der Waals surface area contributed by atoms with Crippen LogP contribution in [-0.4, -0.2) is 29.4 Å². The van der Waals surface area contributed by atoms with Gasteiger partial charge in [0.05, 0.1) is 0 Å². The molecular formula is C9H16N2O3. The zero-order valence-corrected chi connectivity index (χ0v) is 8.36. The average molecular weight is 200 g/mol. The molecule has 1 fully saturated rings. The number of hydrogen-bond acceptors (Lipinski definition) is 4. The molecule has 5 heteroatoms. The topological polar surface area (TPSA) is 72.6 Å². The SMILES string of the molecule is CCCC(C(=O)ON)N1CCCC1=O. The number of carbonyl (C=O) groups is 2. The summed E-state index contributed by atoms with van der Waals surface area (Å²) >= 11 is 0. The summed E-state index contributed by atoms with van der Waals surface area (Å²) < 4.78 is 0. The van der Waals surface area contributed by atoms with E-state index >= 15 is 0 Å². The van der Waals surface area contributed by atoms with Crippen molar-refractivity contribution in [1.82, 2.24) is 4.90 Å². The molecule has 0 aliphatic carbocycles. The zero-order valence-electron chi connectivity index (χ0n) is 8.36. The molecule has 1 amide bonds. The maximum atomic E-state index is 11.4. The minimum atomic E-state index is -0.512. The van der Waals surface area contributed by atoms with Crippen molar-refractivity contribution < 1.29 is 14.4 Å². The summed E-state index contributed by atoms with van der Waals surface area (Å²) in [5.74, 6) is 4.34. The summed E-state index contributed by atoms with van der Waals surface area (Å²) in [4.78, 5) is 28.4. The van der Waals surface area contributed by atoms with E-state index < -0.39 is 12.0 Å². The molecule has 1 unspecified atom stereocenters. The molecule has 1 aliphatic rings. The standard InChI is InChI=1S/C9H16N2O3/c1-2-4-7(9(13)14-10)11-6-3-5-8(11)12/h7H,2-6,10H2,1H3. The molecule has 0 aromatic rings. The normalized spacial score (nSPS) is 18.4. The van der Waals surface area contributed by atoms with Gasteiger partial charge in [-0.2, -0.15) is 5.90 Å². The fraction of sp³-hybridized carbons (Fsp3) is 0.778. The first-order chi connectivity index (χ1) is 6.70. The highest BCUT2D eigenvalue weighted by atomic mass is 16.7. The van der Waals surface area contributed by atoms with Crippen LogP contribution in [0.2, 0.25) is 0 Å². The number of likely N-dealkylation sites (tertiary alicyclic amines) is 1. The molecule has 0 saturated carbocycles. The first-order valence-electron chi connectivity index (χ1n) is 4.90. The van der Waals surface area contributed by atoms with Gasteiger partial charge in [-0.1, -0.05) is 13.3 Å². The molecule has 1 rings (SSSR count). The Bertz CT molecular complexity index is 230. The molecular weight excluding hydrogens is 184 g/mol. The summed E-state index contributed by atoms with van der Waals surface area (Å²) in [5.41, 5.74) is 0. The predicted octanol–water partition coefficient (Wildman–Crippen LogP) is 0.194. The maximum absolute atomic E-state index is 11.4. The van der Waals surface area contributed by atoms with Gasteiger partial charge in [-0.3, -0.25) is 4.79 Å². The Morgan fingerprint density at radius 3 is 2.86 bits per heavy atom. The van der Waals surface area contributed by atoms with Crippen LogP contribution < -0.4 is 5.90 Å². The molecule has 1 heterocycles. The number of hydrogen-bond donors (Lipinski definition) is 1. The molecule has 1 aliphatic heterocycles. The van der Waals surface area contributed by atoms with Gasteiger partial charge < -0.3 is 9.74 Å². The van der Waals surface area contributed by atoms with Crippen molar-refractivity contribution in [2.24, 2.45) is 5.90 Å². The fourth-order valence-electron chi connectivity index (χ4n) is 1.75. The lowest BCUT2D eigenvalue weighted by molar-refractivity contribution is -0.154. The van der Waals surface area contributed by atoms with E-state index in [1.54, 1.807) is 4.90 Å². The van der Waals surface area contributed by atoms with Crippen LogP contribution >= 0.6 is 0 Å².